The van der Waals surface area contributed by atoms with Crippen LogP contribution in [0.2, 0.25) is 0 Å². The van der Waals surface area contributed by atoms with Gasteiger partial charge in [0.25, 0.3) is 0 Å². The SMILES string of the molecule is CC(C)(C)OC(=O)N[C@H](c1ccco1)[C@@H](O)C(=O)O. The molecule has 7 nitrogen and oxygen atoms in total. The lowest BCUT2D eigenvalue weighted by atomic mass is 10.1. The van der Waals surface area contributed by atoms with Crippen LogP contribution in [-0.2, 0) is 9.53 Å². The summed E-state index contributed by atoms with van der Waals surface area (Å²) >= 11 is 0. The van der Waals surface area contributed by atoms with Crippen molar-refractivity contribution >= 4 is 12.1 Å². The first-order chi connectivity index (χ1) is 8.70. The first kappa shape index (κ1) is 15.0. The molecule has 2 atom stereocenters. The fourth-order valence-corrected chi connectivity index (χ4v) is 1.35. The Morgan fingerprint density at radius 2 is 2.05 bits per heavy atom. The molecule has 106 valence electrons. The Hall–Kier alpha value is -2.02. The Labute approximate surface area is 110 Å². The van der Waals surface area contributed by atoms with E-state index in [0.717, 1.165) is 0 Å². The van der Waals surface area contributed by atoms with Gasteiger partial charge in [0.2, 0.25) is 0 Å². The maximum atomic E-state index is 11.6. The highest BCUT2D eigenvalue weighted by Crippen LogP contribution is 2.19. The third-order valence-electron chi connectivity index (χ3n) is 2.09. The van der Waals surface area contributed by atoms with Crippen LogP contribution in [0.15, 0.2) is 22.8 Å². The lowest BCUT2D eigenvalue weighted by Crippen LogP contribution is -2.42. The van der Waals surface area contributed by atoms with E-state index < -0.39 is 29.8 Å². The molecular formula is C12H17NO6. The molecule has 3 N–H and O–H groups in total. The zero-order chi connectivity index (χ0) is 14.6. The molecular weight excluding hydrogens is 254 g/mol. The molecule has 0 saturated carbocycles. The van der Waals surface area contributed by atoms with Crippen LogP contribution in [0.3, 0.4) is 0 Å². The van der Waals surface area contributed by atoms with E-state index in [1.165, 1.54) is 18.4 Å². The Morgan fingerprint density at radius 1 is 1.42 bits per heavy atom. The van der Waals surface area contributed by atoms with Crippen molar-refractivity contribution in [2.45, 2.75) is 38.5 Å². The number of aliphatic hydroxyl groups excluding tert-OH is 1. The summed E-state index contributed by atoms with van der Waals surface area (Å²) in [6.45, 7) is 5.01. The van der Waals surface area contributed by atoms with Crippen LogP contribution in [-0.4, -0.2) is 34.0 Å². The fourth-order valence-electron chi connectivity index (χ4n) is 1.35. The van der Waals surface area contributed by atoms with Crippen molar-refractivity contribution in [2.75, 3.05) is 0 Å². The molecule has 0 aliphatic rings. The molecule has 0 radical (unpaired) electrons. The summed E-state index contributed by atoms with van der Waals surface area (Å²) in [6, 6.07) is 1.75. The van der Waals surface area contributed by atoms with Gasteiger partial charge in [0.05, 0.1) is 6.26 Å². The van der Waals surface area contributed by atoms with Crippen LogP contribution in [0.5, 0.6) is 0 Å². The van der Waals surface area contributed by atoms with Crippen LogP contribution in [0, 0.1) is 0 Å². The number of carboxylic acid groups (broad SMARTS) is 1. The van der Waals surface area contributed by atoms with E-state index in [9.17, 15) is 14.7 Å². The summed E-state index contributed by atoms with van der Waals surface area (Å²) < 4.78 is 10.0. The first-order valence-electron chi connectivity index (χ1n) is 5.64. The fraction of sp³-hybridized carbons (Fsp3) is 0.500. The van der Waals surface area contributed by atoms with Crippen molar-refractivity contribution in [3.63, 3.8) is 0 Å². The molecule has 1 aromatic heterocycles. The number of ether oxygens (including phenoxy) is 1. The third-order valence-corrected chi connectivity index (χ3v) is 2.09. The number of aliphatic hydroxyl groups is 1. The number of rotatable bonds is 4. The van der Waals surface area contributed by atoms with E-state index in [1.807, 2.05) is 0 Å². The summed E-state index contributed by atoms with van der Waals surface area (Å²) in [5.74, 6) is -1.35. The average Bonchev–Trinajstić information content (AvgIpc) is 2.75. The molecule has 0 aliphatic carbocycles. The molecule has 0 saturated heterocycles. The van der Waals surface area contributed by atoms with Crippen molar-refractivity contribution in [2.24, 2.45) is 0 Å². The van der Waals surface area contributed by atoms with Crippen molar-refractivity contribution in [1.82, 2.24) is 5.32 Å². The molecule has 0 unspecified atom stereocenters. The van der Waals surface area contributed by atoms with Crippen molar-refractivity contribution in [3.05, 3.63) is 24.2 Å². The van der Waals surface area contributed by atoms with E-state index in [4.69, 9.17) is 14.3 Å². The van der Waals surface area contributed by atoms with Crippen molar-refractivity contribution in [3.8, 4) is 0 Å². The number of hydrogen-bond donors (Lipinski definition) is 3. The van der Waals surface area contributed by atoms with Crippen molar-refractivity contribution < 1.29 is 29.0 Å². The lowest BCUT2D eigenvalue weighted by molar-refractivity contribution is -0.148. The third kappa shape index (κ3) is 4.63. The predicted molar refractivity (Wildman–Crippen MR) is 64.5 cm³/mol. The minimum Gasteiger partial charge on any atom is -0.479 e. The highest BCUT2D eigenvalue weighted by atomic mass is 16.6. The second-order valence-corrected chi connectivity index (χ2v) is 4.92. The number of amides is 1. The van der Waals surface area contributed by atoms with Gasteiger partial charge >= 0.3 is 12.1 Å². The summed E-state index contributed by atoms with van der Waals surface area (Å²) in [5, 5.41) is 20.7. The monoisotopic (exact) mass is 271 g/mol. The molecule has 0 fully saturated rings. The Balaban J connectivity index is 2.82. The van der Waals surface area contributed by atoms with Gasteiger partial charge in [0.15, 0.2) is 6.10 Å². The zero-order valence-electron chi connectivity index (χ0n) is 10.9. The van der Waals surface area contributed by atoms with E-state index >= 15 is 0 Å². The summed E-state index contributed by atoms with van der Waals surface area (Å²) in [4.78, 5) is 22.4. The van der Waals surface area contributed by atoms with Gasteiger partial charge in [-0.3, -0.25) is 0 Å². The summed E-state index contributed by atoms with van der Waals surface area (Å²) in [7, 11) is 0. The largest absolute Gasteiger partial charge is 0.479 e. The number of nitrogens with one attached hydrogen (secondary N) is 1. The molecule has 0 aromatic carbocycles. The van der Waals surface area contributed by atoms with Gasteiger partial charge in [-0.1, -0.05) is 0 Å². The molecule has 1 heterocycles. The van der Waals surface area contributed by atoms with E-state index in [-0.39, 0.29) is 5.76 Å². The quantitative estimate of drug-likeness (QED) is 0.761. The van der Waals surface area contributed by atoms with E-state index in [2.05, 4.69) is 5.32 Å². The van der Waals surface area contributed by atoms with Gasteiger partial charge in [-0.25, -0.2) is 9.59 Å². The first-order valence-corrected chi connectivity index (χ1v) is 5.64. The standard InChI is InChI=1S/C12H17NO6/c1-12(2,3)19-11(17)13-8(9(14)10(15)16)7-5-4-6-18-7/h4-6,8-9,14H,1-3H3,(H,13,17)(H,15,16)/t8-,9-/m1/s1. The Bertz CT molecular complexity index is 434. The molecule has 1 rings (SSSR count). The highest BCUT2D eigenvalue weighted by Gasteiger charge is 2.32. The summed E-state index contributed by atoms with van der Waals surface area (Å²) in [5.41, 5.74) is -0.730. The predicted octanol–water partition coefficient (Wildman–Crippen LogP) is 1.29. The number of carbonyl (C=O) groups excluding carboxylic acids is 1. The van der Waals surface area contributed by atoms with Crippen LogP contribution in [0.1, 0.15) is 32.6 Å². The molecule has 0 bridgehead atoms. The van der Waals surface area contributed by atoms with Gasteiger partial charge < -0.3 is 24.7 Å². The number of furan rings is 1. The van der Waals surface area contributed by atoms with Crippen LogP contribution < -0.4 is 5.32 Å². The van der Waals surface area contributed by atoms with Crippen LogP contribution >= 0.6 is 0 Å². The van der Waals surface area contributed by atoms with Gasteiger partial charge in [-0.15, -0.1) is 0 Å². The smallest absolute Gasteiger partial charge is 0.408 e. The maximum Gasteiger partial charge on any atom is 0.408 e. The number of hydrogen-bond acceptors (Lipinski definition) is 5. The van der Waals surface area contributed by atoms with Gasteiger partial charge in [0.1, 0.15) is 17.4 Å². The number of carboxylic acids is 1. The topological polar surface area (TPSA) is 109 Å². The number of alkyl carbamates (subject to hydrolysis) is 1. The average molecular weight is 271 g/mol. The van der Waals surface area contributed by atoms with E-state index in [0.29, 0.717) is 0 Å². The van der Waals surface area contributed by atoms with Crippen molar-refractivity contribution in [1.29, 1.82) is 0 Å². The molecule has 0 aliphatic heterocycles. The second kappa shape index (κ2) is 5.75. The summed E-state index contributed by atoms with van der Waals surface area (Å²) in [6.07, 6.45) is -1.36. The van der Waals surface area contributed by atoms with Gasteiger partial charge in [0, 0.05) is 0 Å². The molecule has 7 heteroatoms. The lowest BCUT2D eigenvalue weighted by Gasteiger charge is -2.23. The highest BCUT2D eigenvalue weighted by molar-refractivity contribution is 5.75. The Morgan fingerprint density at radius 3 is 2.47 bits per heavy atom. The molecule has 1 amide bonds. The molecule has 0 spiro atoms. The number of aliphatic carboxylic acids is 1. The zero-order valence-corrected chi connectivity index (χ0v) is 10.9. The van der Waals surface area contributed by atoms with Crippen LogP contribution in [0.4, 0.5) is 4.79 Å². The van der Waals surface area contributed by atoms with E-state index in [1.54, 1.807) is 20.8 Å². The minimum atomic E-state index is -1.83. The maximum absolute atomic E-state index is 11.6. The normalized spacial score (nSPS) is 14.5. The molecule has 19 heavy (non-hydrogen) atoms. The molecule has 1 aromatic rings. The van der Waals surface area contributed by atoms with Gasteiger partial charge in [-0.2, -0.15) is 0 Å². The second-order valence-electron chi connectivity index (χ2n) is 4.92. The van der Waals surface area contributed by atoms with Gasteiger partial charge in [-0.05, 0) is 32.9 Å². The number of carbonyl (C=O) groups is 2. The Kier molecular flexibility index (Phi) is 4.55. The minimum absolute atomic E-state index is 0.126. The van der Waals surface area contributed by atoms with Crippen LogP contribution in [0.25, 0.3) is 0 Å².